The van der Waals surface area contributed by atoms with Gasteiger partial charge < -0.3 is 14.8 Å². The van der Waals surface area contributed by atoms with Crippen molar-refractivity contribution in [2.45, 2.75) is 51.0 Å². The second-order valence-electron chi connectivity index (χ2n) is 5.15. The van der Waals surface area contributed by atoms with E-state index >= 15 is 0 Å². The van der Waals surface area contributed by atoms with Crippen LogP contribution in [0, 0.1) is 6.92 Å². The monoisotopic (exact) mass is 265 g/mol. The van der Waals surface area contributed by atoms with Crippen molar-refractivity contribution in [1.29, 1.82) is 0 Å². The van der Waals surface area contributed by atoms with Gasteiger partial charge in [-0.3, -0.25) is 4.79 Å². The van der Waals surface area contributed by atoms with Crippen LogP contribution < -0.4 is 5.32 Å². The molecule has 1 aromatic heterocycles. The fraction of sp³-hybridized carbons (Fsp3) is 0.571. The molecule has 0 saturated heterocycles. The van der Waals surface area contributed by atoms with Crippen LogP contribution in [0.5, 0.6) is 0 Å². The molecule has 2 N–H and O–H groups in total. The summed E-state index contributed by atoms with van der Waals surface area (Å²) in [4.78, 5) is 23.8. The van der Waals surface area contributed by atoms with Crippen LogP contribution in [0.15, 0.2) is 16.7 Å². The second kappa shape index (κ2) is 5.47. The van der Waals surface area contributed by atoms with E-state index in [0.29, 0.717) is 24.2 Å². The zero-order chi connectivity index (χ0) is 13.9. The lowest BCUT2D eigenvalue weighted by molar-refractivity contribution is -0.145. The Morgan fingerprint density at radius 3 is 2.37 bits per heavy atom. The lowest BCUT2D eigenvalue weighted by Gasteiger charge is -2.29. The number of aryl methyl sites for hydroxylation is 1. The third-order valence-electron chi connectivity index (χ3n) is 3.82. The molecule has 0 bridgehead atoms. The molecule has 0 radical (unpaired) electrons. The van der Waals surface area contributed by atoms with Crippen molar-refractivity contribution < 1.29 is 19.1 Å². The van der Waals surface area contributed by atoms with Gasteiger partial charge in [-0.05, 0) is 25.8 Å². The van der Waals surface area contributed by atoms with E-state index in [9.17, 15) is 14.7 Å². The average Bonchev–Trinajstić information content (AvgIpc) is 2.64. The minimum atomic E-state index is -1.13. The summed E-state index contributed by atoms with van der Waals surface area (Å²) < 4.78 is 5.08. The van der Waals surface area contributed by atoms with Gasteiger partial charge in [-0.15, -0.1) is 0 Å². The molecule has 1 heterocycles. The quantitative estimate of drug-likeness (QED) is 0.823. The number of amides is 1. The predicted molar refractivity (Wildman–Crippen MR) is 69.0 cm³/mol. The van der Waals surface area contributed by atoms with E-state index in [2.05, 4.69) is 5.32 Å². The molecule has 1 aromatic rings. The zero-order valence-corrected chi connectivity index (χ0v) is 11.1. The van der Waals surface area contributed by atoms with E-state index in [4.69, 9.17) is 4.42 Å². The number of carbonyl (C=O) groups is 2. The summed E-state index contributed by atoms with van der Waals surface area (Å²) in [7, 11) is 0. The molecular weight excluding hydrogens is 246 g/mol. The predicted octanol–water partition coefficient (Wildman–Crippen LogP) is 2.50. The number of furan rings is 1. The molecule has 5 nitrogen and oxygen atoms in total. The molecule has 1 saturated carbocycles. The van der Waals surface area contributed by atoms with Crippen molar-refractivity contribution >= 4 is 11.9 Å². The molecule has 19 heavy (non-hydrogen) atoms. The van der Waals surface area contributed by atoms with Gasteiger partial charge in [0.05, 0.1) is 11.8 Å². The summed E-state index contributed by atoms with van der Waals surface area (Å²) >= 11 is 0. The Morgan fingerprint density at radius 1 is 1.26 bits per heavy atom. The molecule has 1 aliphatic rings. The number of hydrogen-bond acceptors (Lipinski definition) is 3. The van der Waals surface area contributed by atoms with E-state index in [0.717, 1.165) is 25.7 Å². The highest BCUT2D eigenvalue weighted by molar-refractivity contribution is 5.98. The maximum atomic E-state index is 12.2. The van der Waals surface area contributed by atoms with Crippen LogP contribution >= 0.6 is 0 Å². The Bertz CT molecular complexity index is 470. The molecule has 0 unspecified atom stereocenters. The van der Waals surface area contributed by atoms with Crippen molar-refractivity contribution in [3.8, 4) is 0 Å². The molecule has 5 heteroatoms. The molecule has 104 valence electrons. The smallest absolute Gasteiger partial charge is 0.329 e. The topological polar surface area (TPSA) is 79.5 Å². The Morgan fingerprint density at radius 2 is 1.89 bits per heavy atom. The SMILES string of the molecule is Cc1occc1C(=O)NC1(C(=O)O)CCCCCC1. The minimum absolute atomic E-state index is 0.365. The first-order valence-electron chi connectivity index (χ1n) is 6.65. The second-order valence-corrected chi connectivity index (χ2v) is 5.15. The first-order valence-corrected chi connectivity index (χ1v) is 6.65. The van der Waals surface area contributed by atoms with Gasteiger partial charge >= 0.3 is 5.97 Å². The van der Waals surface area contributed by atoms with Gasteiger partial charge in [-0.25, -0.2) is 4.79 Å². The molecule has 0 spiro atoms. The standard InChI is InChI=1S/C14H19NO4/c1-10-11(6-9-19-10)12(16)15-14(13(17)18)7-4-2-3-5-8-14/h6,9H,2-5,7-8H2,1H3,(H,15,16)(H,17,18). The van der Waals surface area contributed by atoms with E-state index < -0.39 is 11.5 Å². The van der Waals surface area contributed by atoms with Gasteiger partial charge in [-0.2, -0.15) is 0 Å². The number of rotatable bonds is 3. The van der Waals surface area contributed by atoms with Gasteiger partial charge in [0, 0.05) is 0 Å². The van der Waals surface area contributed by atoms with Crippen LogP contribution in [0.2, 0.25) is 0 Å². The number of hydrogen-bond donors (Lipinski definition) is 2. The van der Waals surface area contributed by atoms with E-state index in [1.165, 1.54) is 6.26 Å². The van der Waals surface area contributed by atoms with Crippen molar-refractivity contribution in [2.75, 3.05) is 0 Å². The summed E-state index contributed by atoms with van der Waals surface area (Å²) in [5, 5.41) is 12.2. The van der Waals surface area contributed by atoms with E-state index in [1.807, 2.05) is 0 Å². The molecule has 1 fully saturated rings. The zero-order valence-electron chi connectivity index (χ0n) is 11.1. The van der Waals surface area contributed by atoms with Crippen molar-refractivity contribution in [3.05, 3.63) is 23.7 Å². The largest absolute Gasteiger partial charge is 0.480 e. The van der Waals surface area contributed by atoms with Crippen LogP contribution in [0.4, 0.5) is 0 Å². The van der Waals surface area contributed by atoms with Crippen LogP contribution in [-0.4, -0.2) is 22.5 Å². The highest BCUT2D eigenvalue weighted by atomic mass is 16.4. The van der Waals surface area contributed by atoms with Gasteiger partial charge in [-0.1, -0.05) is 25.7 Å². The van der Waals surface area contributed by atoms with Gasteiger partial charge in [0.15, 0.2) is 0 Å². The molecule has 0 aromatic carbocycles. The third-order valence-corrected chi connectivity index (χ3v) is 3.82. The van der Waals surface area contributed by atoms with Crippen molar-refractivity contribution in [2.24, 2.45) is 0 Å². The first kappa shape index (κ1) is 13.6. The van der Waals surface area contributed by atoms with E-state index in [-0.39, 0.29) is 5.91 Å². The third kappa shape index (κ3) is 2.80. The first-order chi connectivity index (χ1) is 9.05. The van der Waals surface area contributed by atoms with Crippen molar-refractivity contribution in [3.63, 3.8) is 0 Å². The Kier molecular flexibility index (Phi) is 3.93. The number of carbonyl (C=O) groups excluding carboxylic acids is 1. The summed E-state index contributed by atoms with van der Waals surface area (Å²) in [6, 6.07) is 1.57. The molecule has 1 amide bonds. The maximum Gasteiger partial charge on any atom is 0.329 e. The average molecular weight is 265 g/mol. The highest BCUT2D eigenvalue weighted by Crippen LogP contribution is 2.28. The van der Waals surface area contributed by atoms with Crippen LogP contribution in [0.1, 0.15) is 54.6 Å². The lowest BCUT2D eigenvalue weighted by Crippen LogP contribution is -2.54. The molecular formula is C14H19NO4. The lowest BCUT2D eigenvalue weighted by atomic mass is 9.90. The maximum absolute atomic E-state index is 12.2. The fourth-order valence-corrected chi connectivity index (χ4v) is 2.63. The summed E-state index contributed by atoms with van der Waals surface area (Å²) in [6.07, 6.45) is 6.12. The van der Waals surface area contributed by atoms with Crippen molar-refractivity contribution in [1.82, 2.24) is 5.32 Å². The van der Waals surface area contributed by atoms with E-state index in [1.54, 1.807) is 13.0 Å². The fourth-order valence-electron chi connectivity index (χ4n) is 2.63. The molecule has 0 aliphatic heterocycles. The number of carboxylic acid groups (broad SMARTS) is 1. The van der Waals surface area contributed by atoms with Gasteiger partial charge in [0.25, 0.3) is 5.91 Å². The summed E-state index contributed by atoms with van der Waals surface area (Å²) in [5.74, 6) is -0.800. The van der Waals surface area contributed by atoms with Crippen LogP contribution in [-0.2, 0) is 4.79 Å². The van der Waals surface area contributed by atoms with Crippen LogP contribution in [0.3, 0.4) is 0 Å². The van der Waals surface area contributed by atoms with Gasteiger partial charge in [0.1, 0.15) is 11.3 Å². The minimum Gasteiger partial charge on any atom is -0.480 e. The summed E-state index contributed by atoms with van der Waals surface area (Å²) in [5.41, 5.74) is -0.720. The Labute approximate surface area is 112 Å². The Hall–Kier alpha value is -1.78. The number of nitrogens with one attached hydrogen (secondary N) is 1. The number of aliphatic carboxylic acids is 1. The normalized spacial score (nSPS) is 18.6. The Balaban J connectivity index is 2.19. The van der Waals surface area contributed by atoms with Gasteiger partial charge in [0.2, 0.25) is 0 Å². The molecule has 0 atom stereocenters. The number of carboxylic acids is 1. The highest BCUT2D eigenvalue weighted by Gasteiger charge is 2.40. The molecule has 1 aliphatic carbocycles. The molecule has 2 rings (SSSR count). The summed E-state index contributed by atoms with van der Waals surface area (Å²) in [6.45, 7) is 1.69. The van der Waals surface area contributed by atoms with Crippen LogP contribution in [0.25, 0.3) is 0 Å².